The van der Waals surface area contributed by atoms with Crippen LogP contribution in [0.2, 0.25) is 0 Å². The van der Waals surface area contributed by atoms with E-state index in [1.54, 1.807) is 0 Å². The molecular weight excluding hydrogens is 430 g/mol. The summed E-state index contributed by atoms with van der Waals surface area (Å²) in [5, 5.41) is 24.5. The van der Waals surface area contributed by atoms with Crippen molar-refractivity contribution in [2.75, 3.05) is 5.32 Å². The van der Waals surface area contributed by atoms with Crippen LogP contribution in [0.1, 0.15) is 27.4 Å². The van der Waals surface area contributed by atoms with Crippen LogP contribution in [0, 0.1) is 34.1 Å². The quantitative estimate of drug-likeness (QED) is 0.361. The van der Waals surface area contributed by atoms with E-state index in [1.807, 2.05) is 0 Å². The topological polar surface area (TPSA) is 146 Å². The summed E-state index contributed by atoms with van der Waals surface area (Å²) in [5.41, 5.74) is -2.54. The molecule has 1 amide bonds. The lowest BCUT2D eigenvalue weighted by Gasteiger charge is -2.10. The van der Waals surface area contributed by atoms with E-state index in [1.165, 1.54) is 13.8 Å². The van der Waals surface area contributed by atoms with Crippen LogP contribution >= 0.6 is 11.6 Å². The summed E-state index contributed by atoms with van der Waals surface area (Å²) in [6.45, 7) is 2.65. The number of nitrogens with zero attached hydrogens (tertiary/aromatic N) is 5. The monoisotopic (exact) mass is 440 g/mol. The van der Waals surface area contributed by atoms with Gasteiger partial charge >= 0.3 is 5.38 Å². The van der Waals surface area contributed by atoms with E-state index >= 15 is 0 Å². The Labute approximate surface area is 170 Å². The number of nitrogens with one attached hydrogen (secondary N) is 1. The van der Waals surface area contributed by atoms with E-state index in [4.69, 9.17) is 11.6 Å². The SMILES string of the molecule is Cc1cc(C(F)(F)Cl)n2nc(C(=O)Nc3cc([N+](=O)[O-])c(C)c([N+](=O)[O-])c3)cc2n1. The number of hydrogen-bond acceptors (Lipinski definition) is 7. The zero-order valence-electron chi connectivity index (χ0n) is 15.2. The lowest BCUT2D eigenvalue weighted by atomic mass is 10.1. The second kappa shape index (κ2) is 7.26. The van der Waals surface area contributed by atoms with Gasteiger partial charge in [0.05, 0.1) is 15.5 Å². The highest BCUT2D eigenvalue weighted by Gasteiger charge is 2.33. The zero-order chi connectivity index (χ0) is 22.4. The van der Waals surface area contributed by atoms with Gasteiger partial charge in [-0.1, -0.05) is 0 Å². The van der Waals surface area contributed by atoms with Crippen LogP contribution in [0.15, 0.2) is 24.3 Å². The molecule has 0 fully saturated rings. The Morgan fingerprint density at radius 3 is 2.20 bits per heavy atom. The van der Waals surface area contributed by atoms with Crippen molar-refractivity contribution >= 4 is 40.2 Å². The number of halogens is 3. The lowest BCUT2D eigenvalue weighted by molar-refractivity contribution is -0.395. The van der Waals surface area contributed by atoms with E-state index in [-0.39, 0.29) is 28.3 Å². The molecule has 14 heteroatoms. The molecule has 156 valence electrons. The number of nitro groups is 2. The Hall–Kier alpha value is -3.74. The average Bonchev–Trinajstić information content (AvgIpc) is 3.04. The van der Waals surface area contributed by atoms with Gasteiger partial charge in [0.1, 0.15) is 11.3 Å². The van der Waals surface area contributed by atoms with Gasteiger partial charge in [0.2, 0.25) is 0 Å². The van der Waals surface area contributed by atoms with Crippen LogP contribution in [0.5, 0.6) is 0 Å². The number of hydrogen-bond donors (Lipinski definition) is 1. The largest absolute Gasteiger partial charge is 0.364 e. The van der Waals surface area contributed by atoms with Gasteiger partial charge in [-0.05, 0) is 31.5 Å². The highest BCUT2D eigenvalue weighted by Crippen LogP contribution is 2.33. The Balaban J connectivity index is 2.04. The highest BCUT2D eigenvalue weighted by atomic mass is 35.5. The molecule has 0 aliphatic carbocycles. The molecule has 3 rings (SSSR count). The van der Waals surface area contributed by atoms with Crippen molar-refractivity contribution in [3.63, 3.8) is 0 Å². The zero-order valence-corrected chi connectivity index (χ0v) is 16.0. The van der Waals surface area contributed by atoms with Gasteiger partial charge in [0.15, 0.2) is 11.3 Å². The fourth-order valence-corrected chi connectivity index (χ4v) is 2.88. The molecule has 1 N–H and O–H groups in total. The molecule has 0 aliphatic heterocycles. The second-order valence-electron chi connectivity index (χ2n) is 6.19. The first-order valence-corrected chi connectivity index (χ1v) is 8.45. The smallest absolute Gasteiger partial charge is 0.320 e. The summed E-state index contributed by atoms with van der Waals surface area (Å²) in [5.74, 6) is -0.950. The van der Waals surface area contributed by atoms with Crippen molar-refractivity contribution in [1.82, 2.24) is 14.6 Å². The van der Waals surface area contributed by atoms with Crippen LogP contribution in [0.25, 0.3) is 5.65 Å². The molecule has 2 aromatic heterocycles. The Morgan fingerprint density at radius 2 is 1.70 bits per heavy atom. The fraction of sp³-hybridized carbons (Fsp3) is 0.188. The lowest BCUT2D eigenvalue weighted by Crippen LogP contribution is -2.15. The number of anilines is 1. The molecule has 0 aliphatic rings. The van der Waals surface area contributed by atoms with E-state index < -0.39 is 38.2 Å². The van der Waals surface area contributed by atoms with Crippen molar-refractivity contribution < 1.29 is 23.4 Å². The first-order valence-electron chi connectivity index (χ1n) is 8.08. The summed E-state index contributed by atoms with van der Waals surface area (Å²) >= 11 is 5.09. The molecule has 0 spiro atoms. The minimum absolute atomic E-state index is 0.0867. The number of rotatable bonds is 5. The van der Waals surface area contributed by atoms with Gasteiger partial charge in [-0.15, -0.1) is 0 Å². The van der Waals surface area contributed by atoms with Gasteiger partial charge in [-0.2, -0.15) is 13.9 Å². The van der Waals surface area contributed by atoms with E-state index in [0.29, 0.717) is 4.52 Å². The molecule has 3 aromatic rings. The Morgan fingerprint density at radius 1 is 1.13 bits per heavy atom. The first kappa shape index (κ1) is 21.0. The molecular formula is C16H11ClF2N6O5. The molecule has 2 heterocycles. The van der Waals surface area contributed by atoms with E-state index in [2.05, 4.69) is 15.4 Å². The fourth-order valence-electron chi connectivity index (χ4n) is 2.74. The maximum Gasteiger partial charge on any atom is 0.364 e. The summed E-state index contributed by atoms with van der Waals surface area (Å²) in [4.78, 5) is 37.1. The summed E-state index contributed by atoms with van der Waals surface area (Å²) < 4.78 is 28.0. The predicted octanol–water partition coefficient (Wildman–Crippen LogP) is 3.70. The first-order chi connectivity index (χ1) is 13.9. The summed E-state index contributed by atoms with van der Waals surface area (Å²) in [6, 6.07) is 3.99. The third-order valence-electron chi connectivity index (χ3n) is 4.08. The maximum absolute atomic E-state index is 13.6. The van der Waals surface area contributed by atoms with E-state index in [9.17, 15) is 33.8 Å². The van der Waals surface area contributed by atoms with Crippen LogP contribution in [-0.4, -0.2) is 30.4 Å². The van der Waals surface area contributed by atoms with Crippen molar-refractivity contribution in [3.05, 3.63) is 67.1 Å². The molecule has 0 unspecified atom stereocenters. The van der Waals surface area contributed by atoms with Crippen LogP contribution in [0.4, 0.5) is 25.8 Å². The van der Waals surface area contributed by atoms with Crippen LogP contribution < -0.4 is 5.32 Å². The van der Waals surface area contributed by atoms with Gasteiger partial charge in [-0.3, -0.25) is 25.0 Å². The predicted molar refractivity (Wildman–Crippen MR) is 99.9 cm³/mol. The third kappa shape index (κ3) is 3.87. The molecule has 11 nitrogen and oxygen atoms in total. The Kier molecular flexibility index (Phi) is 5.08. The molecule has 0 atom stereocenters. The number of carbonyl (C=O) groups excluding carboxylic acids is 1. The molecule has 0 bridgehead atoms. The molecule has 0 saturated carbocycles. The number of amides is 1. The van der Waals surface area contributed by atoms with Gasteiger partial charge in [-0.25, -0.2) is 9.50 Å². The normalized spacial score (nSPS) is 11.5. The minimum Gasteiger partial charge on any atom is -0.320 e. The van der Waals surface area contributed by atoms with Crippen LogP contribution in [0.3, 0.4) is 0 Å². The number of fused-ring (bicyclic) bond motifs is 1. The van der Waals surface area contributed by atoms with Crippen molar-refractivity contribution in [3.8, 4) is 0 Å². The van der Waals surface area contributed by atoms with E-state index in [0.717, 1.165) is 24.3 Å². The third-order valence-corrected chi connectivity index (χ3v) is 4.28. The number of benzene rings is 1. The standard InChI is InChI=1S/C16H11ClF2N6O5/c1-7-3-13(16(17,18)19)23-14(20-7)6-10(22-23)15(26)21-9-4-11(24(27)28)8(2)12(5-9)25(29)30/h3-6H,1-2H3,(H,21,26). The highest BCUT2D eigenvalue weighted by molar-refractivity contribution is 6.21. The Bertz CT molecular complexity index is 1190. The second-order valence-corrected chi connectivity index (χ2v) is 6.66. The average molecular weight is 441 g/mol. The van der Waals surface area contributed by atoms with Gasteiger partial charge < -0.3 is 5.32 Å². The summed E-state index contributed by atoms with van der Waals surface area (Å²) in [7, 11) is 0. The minimum atomic E-state index is -3.79. The van der Waals surface area contributed by atoms with Crippen molar-refractivity contribution in [2.45, 2.75) is 19.2 Å². The molecule has 30 heavy (non-hydrogen) atoms. The van der Waals surface area contributed by atoms with Crippen molar-refractivity contribution in [2.24, 2.45) is 0 Å². The van der Waals surface area contributed by atoms with Crippen molar-refractivity contribution in [1.29, 1.82) is 0 Å². The van der Waals surface area contributed by atoms with Gasteiger partial charge in [0, 0.05) is 23.9 Å². The molecule has 0 saturated heterocycles. The maximum atomic E-state index is 13.6. The number of aromatic nitrogens is 3. The number of carbonyl (C=O) groups is 1. The number of nitro benzene ring substituents is 2. The number of aryl methyl sites for hydroxylation is 1. The summed E-state index contributed by atoms with van der Waals surface area (Å²) in [6.07, 6.45) is 0. The van der Waals surface area contributed by atoms with Gasteiger partial charge in [0.25, 0.3) is 17.3 Å². The molecule has 0 radical (unpaired) electrons. The van der Waals surface area contributed by atoms with Crippen LogP contribution in [-0.2, 0) is 5.38 Å². The molecule has 1 aromatic carbocycles. The number of alkyl halides is 3.